The summed E-state index contributed by atoms with van der Waals surface area (Å²) in [6.07, 6.45) is 1.96. The smallest absolute Gasteiger partial charge is 0.248 e. The molecule has 1 heterocycles. The monoisotopic (exact) mass is 283 g/mol. The van der Waals surface area contributed by atoms with Crippen LogP contribution in [0.15, 0.2) is 17.5 Å². The van der Waals surface area contributed by atoms with Crippen molar-refractivity contribution in [3.05, 3.63) is 22.4 Å². The molecule has 1 saturated carbocycles. The largest absolute Gasteiger partial charge is 0.383 e. The predicted octanol–water partition coefficient (Wildman–Crippen LogP) is 1.89. The third kappa shape index (κ3) is 4.30. The van der Waals surface area contributed by atoms with Crippen LogP contribution in [-0.4, -0.2) is 30.3 Å². The van der Waals surface area contributed by atoms with Crippen LogP contribution in [0.3, 0.4) is 0 Å². The van der Waals surface area contributed by atoms with E-state index in [1.807, 2.05) is 17.5 Å². The Kier molecular flexibility index (Phi) is 4.60. The molecule has 0 aromatic carbocycles. The lowest BCUT2D eigenvalue weighted by Gasteiger charge is -2.23. The van der Waals surface area contributed by atoms with E-state index in [0.29, 0.717) is 12.5 Å². The van der Waals surface area contributed by atoms with Crippen LogP contribution in [0.25, 0.3) is 0 Å². The molecule has 1 aromatic rings. The number of hydrogen-bond donors (Lipinski definition) is 2. The molecular weight excluding hydrogens is 262 g/mol. The zero-order valence-electron chi connectivity index (χ0n) is 11.4. The van der Waals surface area contributed by atoms with E-state index >= 15 is 0 Å². The number of aliphatic hydroxyl groups is 1. The van der Waals surface area contributed by atoms with Gasteiger partial charge in [0.15, 0.2) is 0 Å². The highest BCUT2D eigenvalue weighted by molar-refractivity contribution is 7.10. The van der Waals surface area contributed by atoms with Crippen LogP contribution >= 0.6 is 11.3 Å². The van der Waals surface area contributed by atoms with Gasteiger partial charge in [-0.25, -0.2) is 0 Å². The molecule has 2 N–H and O–H groups in total. The SMILES string of the molecule is CC(OCC1CC1)C(=O)NCC(C)(O)c1cccs1. The highest BCUT2D eigenvalue weighted by Gasteiger charge is 2.27. The highest BCUT2D eigenvalue weighted by atomic mass is 32.1. The van der Waals surface area contributed by atoms with Gasteiger partial charge in [0, 0.05) is 4.88 Å². The Morgan fingerprint density at radius 1 is 1.68 bits per heavy atom. The number of amides is 1. The van der Waals surface area contributed by atoms with Gasteiger partial charge in [-0.1, -0.05) is 6.07 Å². The number of carbonyl (C=O) groups is 1. The standard InChI is InChI=1S/C14H21NO3S/c1-10(18-8-11-5-6-11)13(16)15-9-14(2,17)12-4-3-7-19-12/h3-4,7,10-11,17H,5-6,8-9H2,1-2H3,(H,15,16). The summed E-state index contributed by atoms with van der Waals surface area (Å²) in [4.78, 5) is 12.7. The molecule has 1 aliphatic rings. The minimum Gasteiger partial charge on any atom is -0.383 e. The van der Waals surface area contributed by atoms with E-state index in [1.54, 1.807) is 13.8 Å². The number of rotatable bonds is 7. The van der Waals surface area contributed by atoms with Crippen molar-refractivity contribution in [2.45, 2.75) is 38.4 Å². The van der Waals surface area contributed by atoms with Crippen molar-refractivity contribution in [3.8, 4) is 0 Å². The Bertz CT molecular complexity index is 412. The van der Waals surface area contributed by atoms with Gasteiger partial charge in [0.1, 0.15) is 11.7 Å². The van der Waals surface area contributed by atoms with Gasteiger partial charge < -0.3 is 15.2 Å². The Morgan fingerprint density at radius 2 is 2.42 bits per heavy atom. The average molecular weight is 283 g/mol. The van der Waals surface area contributed by atoms with Crippen LogP contribution in [0, 0.1) is 5.92 Å². The van der Waals surface area contributed by atoms with Crippen molar-refractivity contribution in [2.75, 3.05) is 13.2 Å². The van der Waals surface area contributed by atoms with Gasteiger partial charge in [0.25, 0.3) is 0 Å². The van der Waals surface area contributed by atoms with Crippen LogP contribution in [0.4, 0.5) is 0 Å². The van der Waals surface area contributed by atoms with Gasteiger partial charge in [-0.05, 0) is 44.1 Å². The zero-order chi connectivity index (χ0) is 13.9. The van der Waals surface area contributed by atoms with E-state index in [0.717, 1.165) is 4.88 Å². The lowest BCUT2D eigenvalue weighted by molar-refractivity contribution is -0.133. The minimum absolute atomic E-state index is 0.169. The molecular formula is C14H21NO3S. The fourth-order valence-corrected chi connectivity index (χ4v) is 2.50. The normalized spacial score (nSPS) is 19.7. The van der Waals surface area contributed by atoms with Gasteiger partial charge in [0.2, 0.25) is 5.91 Å². The third-order valence-electron chi connectivity index (χ3n) is 3.31. The van der Waals surface area contributed by atoms with Gasteiger partial charge in [-0.2, -0.15) is 0 Å². The molecule has 2 atom stereocenters. The summed E-state index contributed by atoms with van der Waals surface area (Å²) in [5.74, 6) is 0.474. The molecule has 2 rings (SSSR count). The van der Waals surface area contributed by atoms with Crippen LogP contribution in [0.2, 0.25) is 0 Å². The molecule has 0 bridgehead atoms. The average Bonchev–Trinajstić information content (AvgIpc) is 3.03. The first kappa shape index (κ1) is 14.5. The number of ether oxygens (including phenoxy) is 1. The summed E-state index contributed by atoms with van der Waals surface area (Å²) >= 11 is 1.48. The summed E-state index contributed by atoms with van der Waals surface area (Å²) < 4.78 is 5.49. The van der Waals surface area contributed by atoms with E-state index < -0.39 is 11.7 Å². The number of hydrogen-bond acceptors (Lipinski definition) is 4. The van der Waals surface area contributed by atoms with E-state index in [2.05, 4.69) is 5.32 Å². The maximum absolute atomic E-state index is 11.8. The van der Waals surface area contributed by atoms with E-state index in [1.165, 1.54) is 24.2 Å². The first-order valence-electron chi connectivity index (χ1n) is 6.65. The molecule has 1 aromatic heterocycles. The second-order valence-corrected chi connectivity index (χ2v) is 6.34. The molecule has 0 aliphatic heterocycles. The molecule has 0 saturated heterocycles. The van der Waals surface area contributed by atoms with Crippen LogP contribution in [-0.2, 0) is 15.1 Å². The lowest BCUT2D eigenvalue weighted by Crippen LogP contribution is -2.42. The molecule has 106 valence electrons. The molecule has 1 amide bonds. The van der Waals surface area contributed by atoms with Crippen molar-refractivity contribution in [1.29, 1.82) is 0 Å². The molecule has 5 heteroatoms. The molecule has 1 fully saturated rings. The van der Waals surface area contributed by atoms with Crippen molar-refractivity contribution in [1.82, 2.24) is 5.32 Å². The van der Waals surface area contributed by atoms with Crippen LogP contribution < -0.4 is 5.32 Å². The second-order valence-electron chi connectivity index (χ2n) is 5.39. The summed E-state index contributed by atoms with van der Waals surface area (Å²) in [6.45, 7) is 4.31. The lowest BCUT2D eigenvalue weighted by atomic mass is 10.1. The fraction of sp³-hybridized carbons (Fsp3) is 0.643. The van der Waals surface area contributed by atoms with Crippen molar-refractivity contribution < 1.29 is 14.6 Å². The zero-order valence-corrected chi connectivity index (χ0v) is 12.2. The first-order valence-corrected chi connectivity index (χ1v) is 7.52. The van der Waals surface area contributed by atoms with Crippen molar-refractivity contribution in [3.63, 3.8) is 0 Å². The van der Waals surface area contributed by atoms with Gasteiger partial charge >= 0.3 is 0 Å². The molecule has 0 radical (unpaired) electrons. The summed E-state index contributed by atoms with van der Waals surface area (Å²) in [5, 5.41) is 14.9. The molecule has 0 spiro atoms. The number of carbonyl (C=O) groups excluding carboxylic acids is 1. The Morgan fingerprint density at radius 3 is 3.00 bits per heavy atom. The fourth-order valence-electron chi connectivity index (χ4n) is 1.72. The number of thiophene rings is 1. The maximum Gasteiger partial charge on any atom is 0.248 e. The third-order valence-corrected chi connectivity index (χ3v) is 4.43. The van der Waals surface area contributed by atoms with Gasteiger partial charge in [0.05, 0.1) is 13.2 Å². The molecule has 19 heavy (non-hydrogen) atoms. The van der Waals surface area contributed by atoms with Crippen LogP contribution in [0.1, 0.15) is 31.6 Å². The molecule has 2 unspecified atom stereocenters. The quantitative estimate of drug-likeness (QED) is 0.803. The second kappa shape index (κ2) is 6.03. The predicted molar refractivity (Wildman–Crippen MR) is 75.0 cm³/mol. The Hall–Kier alpha value is -0.910. The Balaban J connectivity index is 1.75. The van der Waals surface area contributed by atoms with Crippen molar-refractivity contribution >= 4 is 17.2 Å². The van der Waals surface area contributed by atoms with Gasteiger partial charge in [-0.15, -0.1) is 11.3 Å². The van der Waals surface area contributed by atoms with Gasteiger partial charge in [-0.3, -0.25) is 4.79 Å². The minimum atomic E-state index is -1.03. The maximum atomic E-state index is 11.8. The van der Waals surface area contributed by atoms with E-state index in [9.17, 15) is 9.90 Å². The number of nitrogens with one attached hydrogen (secondary N) is 1. The first-order chi connectivity index (χ1) is 8.99. The summed E-state index contributed by atoms with van der Waals surface area (Å²) in [5.41, 5.74) is -1.03. The van der Waals surface area contributed by atoms with Crippen molar-refractivity contribution in [2.24, 2.45) is 5.92 Å². The van der Waals surface area contributed by atoms with E-state index in [-0.39, 0.29) is 12.5 Å². The van der Waals surface area contributed by atoms with E-state index in [4.69, 9.17) is 4.74 Å². The molecule has 1 aliphatic carbocycles. The highest BCUT2D eigenvalue weighted by Crippen LogP contribution is 2.29. The summed E-state index contributed by atoms with van der Waals surface area (Å²) in [6, 6.07) is 3.75. The topological polar surface area (TPSA) is 58.6 Å². The Labute approximate surface area is 117 Å². The van der Waals surface area contributed by atoms with Crippen LogP contribution in [0.5, 0.6) is 0 Å². The summed E-state index contributed by atoms with van der Waals surface area (Å²) in [7, 11) is 0. The molecule has 4 nitrogen and oxygen atoms in total.